The van der Waals surface area contributed by atoms with Crippen molar-refractivity contribution >= 4 is 16.8 Å². The Labute approximate surface area is 114 Å². The fraction of sp³-hybridized carbons (Fsp3) is 0.462. The predicted octanol–water partition coefficient (Wildman–Crippen LogP) is 1.44. The number of carboxylic acids is 1. The summed E-state index contributed by atoms with van der Waals surface area (Å²) in [5.41, 5.74) is 0. The van der Waals surface area contributed by atoms with Gasteiger partial charge in [-0.2, -0.15) is 0 Å². The van der Waals surface area contributed by atoms with Gasteiger partial charge in [-0.1, -0.05) is 6.07 Å². The van der Waals surface area contributed by atoms with Crippen LogP contribution in [0.4, 0.5) is 0 Å². The van der Waals surface area contributed by atoms with Gasteiger partial charge in [0.05, 0.1) is 29.8 Å². The van der Waals surface area contributed by atoms with E-state index >= 15 is 0 Å². The molecule has 0 amide bonds. The summed E-state index contributed by atoms with van der Waals surface area (Å²) in [4.78, 5) is 11.4. The number of benzene rings is 1. The number of hydrogen-bond donors (Lipinski definition) is 1. The summed E-state index contributed by atoms with van der Waals surface area (Å²) in [6.07, 6.45) is 0.0996. The molecule has 2 rings (SSSR count). The van der Waals surface area contributed by atoms with Crippen LogP contribution in [0.25, 0.3) is 0 Å². The molecule has 1 aromatic carbocycles. The second-order valence-corrected chi connectivity index (χ2v) is 5.85. The van der Waals surface area contributed by atoms with Crippen molar-refractivity contribution in [2.75, 3.05) is 12.9 Å². The van der Waals surface area contributed by atoms with E-state index in [9.17, 15) is 9.00 Å². The molecule has 0 bridgehead atoms. The minimum absolute atomic E-state index is 0.256. The Morgan fingerprint density at radius 2 is 2.32 bits per heavy atom. The van der Waals surface area contributed by atoms with Crippen molar-refractivity contribution in [2.45, 2.75) is 29.9 Å². The topological polar surface area (TPSA) is 72.8 Å². The first kappa shape index (κ1) is 14.0. The molecule has 0 radical (unpaired) electrons. The number of ether oxygens (including phenoxy) is 2. The molecular formula is C13H16O5S. The standard InChI is InChI=1S/C13H16O5S/c1-17-9-3-2-4-11(7-9)19(16)8-10-5-6-12(18-10)13(14)15/h2-4,7,10,12H,5-6,8H2,1H3,(H,14,15). The number of hydrogen-bond acceptors (Lipinski definition) is 4. The monoisotopic (exact) mass is 284 g/mol. The lowest BCUT2D eigenvalue weighted by Gasteiger charge is -2.11. The highest BCUT2D eigenvalue weighted by atomic mass is 32.2. The summed E-state index contributed by atoms with van der Waals surface area (Å²) in [5.74, 6) is 0.0213. The second-order valence-electron chi connectivity index (χ2n) is 4.35. The van der Waals surface area contributed by atoms with Crippen molar-refractivity contribution in [1.82, 2.24) is 0 Å². The molecule has 0 aliphatic carbocycles. The first-order valence-corrected chi connectivity index (χ1v) is 7.32. The van der Waals surface area contributed by atoms with E-state index in [0.717, 1.165) is 0 Å². The summed E-state index contributed by atoms with van der Waals surface area (Å²) in [5, 5.41) is 8.83. The Hall–Kier alpha value is -1.40. The van der Waals surface area contributed by atoms with Crippen molar-refractivity contribution in [2.24, 2.45) is 0 Å². The van der Waals surface area contributed by atoms with Crippen molar-refractivity contribution in [3.05, 3.63) is 24.3 Å². The van der Waals surface area contributed by atoms with Crippen LogP contribution in [-0.2, 0) is 20.3 Å². The SMILES string of the molecule is COc1cccc(S(=O)CC2CCC(C(=O)O)O2)c1. The molecule has 104 valence electrons. The molecule has 3 atom stereocenters. The lowest BCUT2D eigenvalue weighted by atomic mass is 10.2. The van der Waals surface area contributed by atoms with Crippen LogP contribution in [0.15, 0.2) is 29.2 Å². The van der Waals surface area contributed by atoms with Gasteiger partial charge in [0.25, 0.3) is 0 Å². The molecule has 1 fully saturated rings. The van der Waals surface area contributed by atoms with Crippen LogP contribution in [0.5, 0.6) is 5.75 Å². The number of methoxy groups -OCH3 is 1. The highest BCUT2D eigenvalue weighted by Crippen LogP contribution is 2.23. The van der Waals surface area contributed by atoms with Gasteiger partial charge in [0, 0.05) is 4.90 Å². The highest BCUT2D eigenvalue weighted by Gasteiger charge is 2.31. The predicted molar refractivity (Wildman–Crippen MR) is 69.8 cm³/mol. The van der Waals surface area contributed by atoms with Gasteiger partial charge in [-0.25, -0.2) is 4.79 Å². The van der Waals surface area contributed by atoms with E-state index in [2.05, 4.69) is 0 Å². The molecule has 1 aliphatic heterocycles. The zero-order valence-corrected chi connectivity index (χ0v) is 11.4. The lowest BCUT2D eigenvalue weighted by molar-refractivity contribution is -0.148. The number of rotatable bonds is 5. The third kappa shape index (κ3) is 3.54. The lowest BCUT2D eigenvalue weighted by Crippen LogP contribution is -2.23. The fourth-order valence-electron chi connectivity index (χ4n) is 2.02. The van der Waals surface area contributed by atoms with E-state index in [1.165, 1.54) is 0 Å². The number of carbonyl (C=O) groups is 1. The van der Waals surface area contributed by atoms with Gasteiger partial charge in [0.2, 0.25) is 0 Å². The van der Waals surface area contributed by atoms with Crippen LogP contribution in [0, 0.1) is 0 Å². The maximum Gasteiger partial charge on any atom is 0.332 e. The normalized spacial score (nSPS) is 24.1. The molecule has 1 aromatic rings. The third-order valence-corrected chi connectivity index (χ3v) is 4.48. The minimum Gasteiger partial charge on any atom is -0.497 e. The van der Waals surface area contributed by atoms with Gasteiger partial charge in [-0.05, 0) is 31.0 Å². The Balaban J connectivity index is 1.96. The second kappa shape index (κ2) is 6.16. The van der Waals surface area contributed by atoms with Crippen molar-refractivity contribution in [3.8, 4) is 5.75 Å². The van der Waals surface area contributed by atoms with Gasteiger partial charge in [-0.15, -0.1) is 0 Å². The molecule has 1 saturated heterocycles. The molecule has 0 saturated carbocycles. The van der Waals surface area contributed by atoms with Crippen molar-refractivity contribution in [1.29, 1.82) is 0 Å². The molecule has 1 N–H and O–H groups in total. The molecule has 0 spiro atoms. The summed E-state index contributed by atoms with van der Waals surface area (Å²) < 4.78 is 22.6. The first-order valence-electron chi connectivity index (χ1n) is 6.01. The van der Waals surface area contributed by atoms with E-state index in [1.807, 2.05) is 0 Å². The molecule has 3 unspecified atom stereocenters. The van der Waals surface area contributed by atoms with Crippen LogP contribution >= 0.6 is 0 Å². The largest absolute Gasteiger partial charge is 0.497 e. The Morgan fingerprint density at radius 1 is 1.53 bits per heavy atom. The average molecular weight is 284 g/mol. The summed E-state index contributed by atoms with van der Waals surface area (Å²) in [6.45, 7) is 0. The third-order valence-electron chi connectivity index (χ3n) is 3.02. The van der Waals surface area contributed by atoms with E-state index in [-0.39, 0.29) is 6.10 Å². The number of aliphatic carboxylic acids is 1. The van der Waals surface area contributed by atoms with Crippen molar-refractivity contribution in [3.63, 3.8) is 0 Å². The van der Waals surface area contributed by atoms with Crippen LogP contribution in [0.1, 0.15) is 12.8 Å². The summed E-state index contributed by atoms with van der Waals surface area (Å²) >= 11 is 0. The Bertz CT molecular complexity index is 488. The van der Waals surface area contributed by atoms with Crippen LogP contribution < -0.4 is 4.74 Å². The molecule has 0 aromatic heterocycles. The Morgan fingerprint density at radius 3 is 2.95 bits per heavy atom. The smallest absolute Gasteiger partial charge is 0.332 e. The molecule has 19 heavy (non-hydrogen) atoms. The molecule has 1 heterocycles. The van der Waals surface area contributed by atoms with Gasteiger partial charge < -0.3 is 14.6 Å². The van der Waals surface area contributed by atoms with Crippen LogP contribution in [-0.4, -0.2) is 40.4 Å². The average Bonchev–Trinajstić information content (AvgIpc) is 2.87. The maximum atomic E-state index is 12.2. The first-order chi connectivity index (χ1) is 9.10. The van der Waals surface area contributed by atoms with E-state index in [1.54, 1.807) is 31.4 Å². The quantitative estimate of drug-likeness (QED) is 0.885. The minimum atomic E-state index is -1.21. The van der Waals surface area contributed by atoms with E-state index in [0.29, 0.717) is 29.2 Å². The van der Waals surface area contributed by atoms with Gasteiger partial charge in [0.15, 0.2) is 6.10 Å². The zero-order chi connectivity index (χ0) is 13.8. The summed E-state index contributed by atoms with van der Waals surface area (Å²) in [6, 6.07) is 7.05. The maximum absolute atomic E-state index is 12.2. The van der Waals surface area contributed by atoms with Crippen molar-refractivity contribution < 1.29 is 23.6 Å². The molecule has 1 aliphatic rings. The van der Waals surface area contributed by atoms with Gasteiger partial charge >= 0.3 is 5.97 Å². The molecule has 5 nitrogen and oxygen atoms in total. The van der Waals surface area contributed by atoms with E-state index < -0.39 is 22.9 Å². The number of carboxylic acid groups (broad SMARTS) is 1. The Kier molecular flexibility index (Phi) is 4.55. The van der Waals surface area contributed by atoms with E-state index in [4.69, 9.17) is 14.6 Å². The zero-order valence-electron chi connectivity index (χ0n) is 10.6. The summed E-state index contributed by atoms with van der Waals surface area (Å²) in [7, 11) is 0.344. The highest BCUT2D eigenvalue weighted by molar-refractivity contribution is 7.85. The van der Waals surface area contributed by atoms with Gasteiger partial charge in [0.1, 0.15) is 5.75 Å². The molecule has 6 heteroatoms. The van der Waals surface area contributed by atoms with Crippen LogP contribution in [0.3, 0.4) is 0 Å². The molecular weight excluding hydrogens is 268 g/mol. The van der Waals surface area contributed by atoms with Gasteiger partial charge in [-0.3, -0.25) is 4.21 Å². The van der Waals surface area contributed by atoms with Crippen LogP contribution in [0.2, 0.25) is 0 Å². The fourth-order valence-corrected chi connectivity index (χ4v) is 3.27.